The summed E-state index contributed by atoms with van der Waals surface area (Å²) in [6, 6.07) is 9.99. The highest BCUT2D eigenvalue weighted by molar-refractivity contribution is 5.79. The third-order valence-electron chi connectivity index (χ3n) is 4.14. The molecule has 1 saturated heterocycles. The highest BCUT2D eigenvalue weighted by atomic mass is 16.3. The van der Waals surface area contributed by atoms with Gasteiger partial charge in [-0.15, -0.1) is 0 Å². The third kappa shape index (κ3) is 4.82. The molecule has 0 bridgehead atoms. The number of hydrogen-bond acceptors (Lipinski definition) is 3. The summed E-state index contributed by atoms with van der Waals surface area (Å²) in [5.74, 6) is 0.893. The molecule has 0 aliphatic carbocycles. The second-order valence-corrected chi connectivity index (χ2v) is 6.61. The van der Waals surface area contributed by atoms with E-state index in [2.05, 4.69) is 18.7 Å². The van der Waals surface area contributed by atoms with E-state index in [1.54, 1.807) is 4.90 Å². The molecule has 1 amide bonds. The molecule has 1 aliphatic heterocycles. The van der Waals surface area contributed by atoms with Crippen molar-refractivity contribution in [3.05, 3.63) is 35.9 Å². The first-order valence-electron chi connectivity index (χ1n) is 8.26. The summed E-state index contributed by atoms with van der Waals surface area (Å²) in [5, 5.41) is 9.27. The lowest BCUT2D eigenvalue weighted by Crippen LogP contribution is -2.39. The number of carbonyl (C=O) groups is 1. The van der Waals surface area contributed by atoms with E-state index in [1.807, 2.05) is 30.3 Å². The Labute approximate surface area is 133 Å². The Balaban J connectivity index is 1.95. The molecule has 0 spiro atoms. The first-order chi connectivity index (χ1) is 10.6. The van der Waals surface area contributed by atoms with Crippen LogP contribution in [-0.2, 0) is 11.3 Å². The molecule has 4 heteroatoms. The third-order valence-corrected chi connectivity index (χ3v) is 4.14. The average Bonchev–Trinajstić information content (AvgIpc) is 2.95. The van der Waals surface area contributed by atoms with Crippen molar-refractivity contribution in [3.8, 4) is 0 Å². The van der Waals surface area contributed by atoms with Crippen molar-refractivity contribution >= 4 is 5.91 Å². The molecule has 1 atom stereocenters. The van der Waals surface area contributed by atoms with Crippen molar-refractivity contribution in [2.45, 2.75) is 26.8 Å². The number of benzene rings is 1. The van der Waals surface area contributed by atoms with Crippen molar-refractivity contribution in [2.24, 2.45) is 11.8 Å². The normalized spacial score (nSPS) is 18.8. The van der Waals surface area contributed by atoms with E-state index in [4.69, 9.17) is 0 Å². The molecule has 0 radical (unpaired) electrons. The summed E-state index contributed by atoms with van der Waals surface area (Å²) in [6.07, 6.45) is 0.933. The van der Waals surface area contributed by atoms with Gasteiger partial charge >= 0.3 is 0 Å². The minimum atomic E-state index is 0.0149. The molecular weight excluding hydrogens is 276 g/mol. The van der Waals surface area contributed by atoms with Gasteiger partial charge in [-0.05, 0) is 24.4 Å². The van der Waals surface area contributed by atoms with Gasteiger partial charge in [0.1, 0.15) is 0 Å². The maximum Gasteiger partial charge on any atom is 0.227 e. The smallest absolute Gasteiger partial charge is 0.227 e. The van der Waals surface area contributed by atoms with Gasteiger partial charge in [0.15, 0.2) is 0 Å². The van der Waals surface area contributed by atoms with E-state index in [1.165, 1.54) is 0 Å². The van der Waals surface area contributed by atoms with Crippen LogP contribution in [-0.4, -0.2) is 53.6 Å². The Morgan fingerprint density at radius 3 is 2.73 bits per heavy atom. The summed E-state index contributed by atoms with van der Waals surface area (Å²) in [4.78, 5) is 16.9. The van der Waals surface area contributed by atoms with Gasteiger partial charge in [0, 0.05) is 26.2 Å². The lowest BCUT2D eigenvalue weighted by molar-refractivity contribution is -0.136. The standard InChI is InChI=1S/C18H28N2O2/c1-15(2)12-19-9-8-17(14-19)18(22)20(10-11-21)13-16-6-4-3-5-7-16/h3-7,15,17,21H,8-14H2,1-2H3. The zero-order chi connectivity index (χ0) is 15.9. The molecule has 1 aromatic carbocycles. The van der Waals surface area contributed by atoms with E-state index < -0.39 is 0 Å². The minimum absolute atomic E-state index is 0.0149. The van der Waals surface area contributed by atoms with Crippen molar-refractivity contribution in [1.82, 2.24) is 9.80 Å². The zero-order valence-corrected chi connectivity index (χ0v) is 13.7. The lowest BCUT2D eigenvalue weighted by atomic mass is 10.1. The fraction of sp³-hybridized carbons (Fsp3) is 0.611. The van der Waals surface area contributed by atoms with Gasteiger partial charge in [-0.1, -0.05) is 44.2 Å². The second-order valence-electron chi connectivity index (χ2n) is 6.61. The largest absolute Gasteiger partial charge is 0.395 e. The molecular formula is C18H28N2O2. The molecule has 1 aliphatic rings. The highest BCUT2D eigenvalue weighted by Gasteiger charge is 2.31. The molecule has 1 N–H and O–H groups in total. The van der Waals surface area contributed by atoms with Gasteiger partial charge in [-0.3, -0.25) is 4.79 Å². The van der Waals surface area contributed by atoms with Crippen molar-refractivity contribution < 1.29 is 9.90 Å². The monoisotopic (exact) mass is 304 g/mol. The van der Waals surface area contributed by atoms with Gasteiger partial charge in [-0.25, -0.2) is 0 Å². The van der Waals surface area contributed by atoms with Crippen LogP contribution in [0, 0.1) is 11.8 Å². The predicted octanol–water partition coefficient (Wildman–Crippen LogP) is 1.99. The minimum Gasteiger partial charge on any atom is -0.395 e. The van der Waals surface area contributed by atoms with Crippen molar-refractivity contribution in [3.63, 3.8) is 0 Å². The topological polar surface area (TPSA) is 43.8 Å². The Bertz CT molecular complexity index is 461. The molecule has 1 fully saturated rings. The van der Waals surface area contributed by atoms with Crippen molar-refractivity contribution in [2.75, 3.05) is 32.8 Å². The molecule has 0 aromatic heterocycles. The van der Waals surface area contributed by atoms with Crippen LogP contribution in [0.1, 0.15) is 25.8 Å². The Morgan fingerprint density at radius 2 is 2.09 bits per heavy atom. The van der Waals surface area contributed by atoms with Crippen LogP contribution in [0.4, 0.5) is 0 Å². The van der Waals surface area contributed by atoms with Crippen LogP contribution in [0.2, 0.25) is 0 Å². The molecule has 2 rings (SSSR count). The van der Waals surface area contributed by atoms with Crippen LogP contribution in [0.15, 0.2) is 30.3 Å². The first-order valence-corrected chi connectivity index (χ1v) is 8.26. The average molecular weight is 304 g/mol. The number of likely N-dealkylation sites (tertiary alicyclic amines) is 1. The van der Waals surface area contributed by atoms with Gasteiger partial charge in [0.05, 0.1) is 12.5 Å². The van der Waals surface area contributed by atoms with E-state index in [0.717, 1.165) is 31.6 Å². The van der Waals surface area contributed by atoms with E-state index in [0.29, 0.717) is 19.0 Å². The van der Waals surface area contributed by atoms with Gasteiger partial charge in [0.2, 0.25) is 5.91 Å². The number of rotatable bonds is 7. The number of amides is 1. The van der Waals surface area contributed by atoms with Gasteiger partial charge in [-0.2, -0.15) is 0 Å². The summed E-state index contributed by atoms with van der Waals surface area (Å²) < 4.78 is 0. The maximum atomic E-state index is 12.8. The molecule has 122 valence electrons. The van der Waals surface area contributed by atoms with Crippen molar-refractivity contribution in [1.29, 1.82) is 0 Å². The zero-order valence-electron chi connectivity index (χ0n) is 13.7. The molecule has 0 saturated carbocycles. The SMILES string of the molecule is CC(C)CN1CCC(C(=O)N(CCO)Cc2ccccc2)C1. The summed E-state index contributed by atoms with van der Waals surface area (Å²) in [7, 11) is 0. The molecule has 1 unspecified atom stereocenters. The fourth-order valence-corrected chi connectivity index (χ4v) is 3.17. The highest BCUT2D eigenvalue weighted by Crippen LogP contribution is 2.20. The number of aliphatic hydroxyl groups is 1. The quantitative estimate of drug-likeness (QED) is 0.838. The molecule has 4 nitrogen and oxygen atoms in total. The number of carbonyl (C=O) groups excluding carboxylic acids is 1. The van der Waals surface area contributed by atoms with E-state index in [-0.39, 0.29) is 18.4 Å². The first kappa shape index (κ1) is 17.0. The number of nitrogens with zero attached hydrogens (tertiary/aromatic N) is 2. The van der Waals surface area contributed by atoms with Crippen LogP contribution < -0.4 is 0 Å². The van der Waals surface area contributed by atoms with Gasteiger partial charge in [0.25, 0.3) is 0 Å². The number of hydrogen-bond donors (Lipinski definition) is 1. The summed E-state index contributed by atoms with van der Waals surface area (Å²) in [5.41, 5.74) is 1.11. The predicted molar refractivity (Wildman–Crippen MR) is 88.3 cm³/mol. The van der Waals surface area contributed by atoms with Crippen LogP contribution >= 0.6 is 0 Å². The molecule has 1 aromatic rings. The maximum absolute atomic E-state index is 12.8. The van der Waals surface area contributed by atoms with Gasteiger partial charge < -0.3 is 14.9 Å². The van der Waals surface area contributed by atoms with E-state index >= 15 is 0 Å². The van der Waals surface area contributed by atoms with Crippen LogP contribution in [0.3, 0.4) is 0 Å². The Morgan fingerprint density at radius 1 is 1.36 bits per heavy atom. The fourth-order valence-electron chi connectivity index (χ4n) is 3.17. The second kappa shape index (κ2) is 8.30. The number of aliphatic hydroxyl groups excluding tert-OH is 1. The van der Waals surface area contributed by atoms with Crippen LogP contribution in [0.5, 0.6) is 0 Å². The Kier molecular flexibility index (Phi) is 6.40. The molecule has 1 heterocycles. The molecule has 22 heavy (non-hydrogen) atoms. The summed E-state index contributed by atoms with van der Waals surface area (Å²) in [6.45, 7) is 8.35. The summed E-state index contributed by atoms with van der Waals surface area (Å²) >= 11 is 0. The van der Waals surface area contributed by atoms with E-state index in [9.17, 15) is 9.90 Å². The lowest BCUT2D eigenvalue weighted by Gasteiger charge is -2.25. The Hall–Kier alpha value is -1.39. The van der Waals surface area contributed by atoms with Crippen LogP contribution in [0.25, 0.3) is 0 Å².